The van der Waals surface area contributed by atoms with Gasteiger partial charge in [-0.1, -0.05) is 48.5 Å². The first-order valence-electron chi connectivity index (χ1n) is 8.87. The Labute approximate surface area is 162 Å². The number of hydrogen-bond acceptors (Lipinski definition) is 4. The normalized spacial score (nSPS) is 11.0. The number of furan rings is 1. The van der Waals surface area contributed by atoms with E-state index in [1.165, 1.54) is 0 Å². The molecule has 0 atom stereocenters. The van der Waals surface area contributed by atoms with Gasteiger partial charge in [0.15, 0.2) is 5.76 Å². The van der Waals surface area contributed by atoms with Crippen LogP contribution < -0.4 is 10.2 Å². The SMILES string of the molecule is O=C(N/N=C/c1ccc(OCc2ccccc2)cc1)c1cc2ccccc2o1. The van der Waals surface area contributed by atoms with Crippen LogP contribution in [0.5, 0.6) is 5.75 Å². The number of carbonyl (C=O) groups excluding carboxylic acids is 1. The molecule has 4 rings (SSSR count). The Bertz CT molecular complexity index is 1070. The van der Waals surface area contributed by atoms with E-state index in [2.05, 4.69) is 10.5 Å². The second-order valence-corrected chi connectivity index (χ2v) is 6.19. The summed E-state index contributed by atoms with van der Waals surface area (Å²) in [6.07, 6.45) is 1.57. The second-order valence-electron chi connectivity index (χ2n) is 6.19. The van der Waals surface area contributed by atoms with E-state index < -0.39 is 5.91 Å². The van der Waals surface area contributed by atoms with Gasteiger partial charge in [0.05, 0.1) is 6.21 Å². The minimum Gasteiger partial charge on any atom is -0.489 e. The van der Waals surface area contributed by atoms with Crippen molar-refractivity contribution in [2.75, 3.05) is 0 Å². The Morgan fingerprint density at radius 2 is 1.71 bits per heavy atom. The Hall–Kier alpha value is -3.86. The van der Waals surface area contributed by atoms with Crippen molar-refractivity contribution in [3.63, 3.8) is 0 Å². The second kappa shape index (κ2) is 8.22. The molecule has 0 saturated heterocycles. The molecule has 1 N–H and O–H groups in total. The standard InChI is InChI=1S/C23H18N2O3/c26-23(22-14-19-8-4-5-9-21(19)28-22)25-24-15-17-10-12-20(13-11-17)27-16-18-6-2-1-3-7-18/h1-15H,16H2,(H,25,26)/b24-15+. The van der Waals surface area contributed by atoms with E-state index in [0.717, 1.165) is 22.3 Å². The molecule has 1 heterocycles. The lowest BCUT2D eigenvalue weighted by atomic mass is 10.2. The van der Waals surface area contributed by atoms with Gasteiger partial charge in [0.25, 0.3) is 0 Å². The number of benzene rings is 3. The van der Waals surface area contributed by atoms with E-state index in [1.807, 2.05) is 78.9 Å². The van der Waals surface area contributed by atoms with Crippen LogP contribution in [0, 0.1) is 0 Å². The van der Waals surface area contributed by atoms with Crippen molar-refractivity contribution in [3.8, 4) is 5.75 Å². The van der Waals surface area contributed by atoms with Crippen LogP contribution in [0.1, 0.15) is 21.7 Å². The highest BCUT2D eigenvalue weighted by Crippen LogP contribution is 2.18. The lowest BCUT2D eigenvalue weighted by Crippen LogP contribution is -2.16. The fraction of sp³-hybridized carbons (Fsp3) is 0.0435. The molecule has 0 unspecified atom stereocenters. The van der Waals surface area contributed by atoms with Gasteiger partial charge in [0.1, 0.15) is 17.9 Å². The molecular formula is C23H18N2O3. The number of hydrogen-bond donors (Lipinski definition) is 1. The van der Waals surface area contributed by atoms with Gasteiger partial charge < -0.3 is 9.15 Å². The summed E-state index contributed by atoms with van der Waals surface area (Å²) in [6, 6.07) is 26.6. The van der Waals surface area contributed by atoms with E-state index in [4.69, 9.17) is 9.15 Å². The van der Waals surface area contributed by atoms with Crippen LogP contribution in [-0.2, 0) is 6.61 Å². The van der Waals surface area contributed by atoms with Gasteiger partial charge in [0.2, 0.25) is 0 Å². The number of fused-ring (bicyclic) bond motifs is 1. The van der Waals surface area contributed by atoms with Crippen LogP contribution in [-0.4, -0.2) is 12.1 Å². The quantitative estimate of drug-likeness (QED) is 0.393. The largest absolute Gasteiger partial charge is 0.489 e. The molecule has 5 nitrogen and oxygen atoms in total. The molecule has 0 bridgehead atoms. The highest BCUT2D eigenvalue weighted by molar-refractivity contribution is 5.96. The average molecular weight is 370 g/mol. The lowest BCUT2D eigenvalue weighted by Gasteiger charge is -2.06. The Morgan fingerprint density at radius 3 is 2.50 bits per heavy atom. The van der Waals surface area contributed by atoms with Gasteiger partial charge in [-0.15, -0.1) is 0 Å². The molecule has 1 amide bonds. The summed E-state index contributed by atoms with van der Waals surface area (Å²) in [5.41, 5.74) is 5.10. The van der Waals surface area contributed by atoms with Crippen molar-refractivity contribution in [2.45, 2.75) is 6.61 Å². The summed E-state index contributed by atoms with van der Waals surface area (Å²) in [7, 11) is 0. The van der Waals surface area contributed by atoms with Crippen LogP contribution in [0.2, 0.25) is 0 Å². The molecular weight excluding hydrogens is 352 g/mol. The van der Waals surface area contributed by atoms with Crippen molar-refractivity contribution in [1.29, 1.82) is 0 Å². The molecule has 1 aromatic heterocycles. The molecule has 0 fully saturated rings. The first-order valence-corrected chi connectivity index (χ1v) is 8.87. The zero-order valence-electron chi connectivity index (χ0n) is 15.0. The molecule has 3 aromatic carbocycles. The van der Waals surface area contributed by atoms with Gasteiger partial charge in [-0.25, -0.2) is 5.43 Å². The third-order valence-corrected chi connectivity index (χ3v) is 4.16. The fourth-order valence-corrected chi connectivity index (χ4v) is 2.71. The maximum Gasteiger partial charge on any atom is 0.307 e. The van der Waals surface area contributed by atoms with Crippen LogP contribution in [0.4, 0.5) is 0 Å². The van der Waals surface area contributed by atoms with Crippen molar-refractivity contribution in [1.82, 2.24) is 5.43 Å². The molecule has 28 heavy (non-hydrogen) atoms. The van der Waals surface area contributed by atoms with E-state index in [1.54, 1.807) is 12.3 Å². The number of nitrogens with zero attached hydrogens (tertiary/aromatic N) is 1. The van der Waals surface area contributed by atoms with Gasteiger partial charge in [-0.3, -0.25) is 4.79 Å². The fourth-order valence-electron chi connectivity index (χ4n) is 2.71. The summed E-state index contributed by atoms with van der Waals surface area (Å²) in [4.78, 5) is 12.1. The minimum atomic E-state index is -0.393. The van der Waals surface area contributed by atoms with Gasteiger partial charge in [-0.2, -0.15) is 5.10 Å². The smallest absolute Gasteiger partial charge is 0.307 e. The zero-order valence-corrected chi connectivity index (χ0v) is 15.0. The minimum absolute atomic E-state index is 0.225. The topological polar surface area (TPSA) is 63.8 Å². The van der Waals surface area contributed by atoms with Crippen molar-refractivity contribution < 1.29 is 13.9 Å². The van der Waals surface area contributed by atoms with E-state index in [0.29, 0.717) is 12.2 Å². The van der Waals surface area contributed by atoms with Crippen LogP contribution >= 0.6 is 0 Å². The number of ether oxygens (including phenoxy) is 1. The third-order valence-electron chi connectivity index (χ3n) is 4.16. The van der Waals surface area contributed by atoms with E-state index in [9.17, 15) is 4.79 Å². The number of amides is 1. The van der Waals surface area contributed by atoms with Crippen LogP contribution in [0.25, 0.3) is 11.0 Å². The number of rotatable bonds is 6. The summed E-state index contributed by atoms with van der Waals surface area (Å²) in [5, 5.41) is 4.86. The molecule has 0 aliphatic rings. The molecule has 0 saturated carbocycles. The highest BCUT2D eigenvalue weighted by atomic mass is 16.5. The Balaban J connectivity index is 1.32. The predicted octanol–water partition coefficient (Wildman–Crippen LogP) is 4.78. The predicted molar refractivity (Wildman–Crippen MR) is 108 cm³/mol. The number of hydrazone groups is 1. The molecule has 4 aromatic rings. The Morgan fingerprint density at radius 1 is 0.964 bits per heavy atom. The molecule has 0 radical (unpaired) electrons. The van der Waals surface area contributed by atoms with Crippen molar-refractivity contribution in [2.24, 2.45) is 5.10 Å². The number of nitrogens with one attached hydrogen (secondary N) is 1. The monoisotopic (exact) mass is 370 g/mol. The van der Waals surface area contributed by atoms with Crippen molar-refractivity contribution >= 4 is 23.1 Å². The lowest BCUT2D eigenvalue weighted by molar-refractivity contribution is 0.0929. The van der Waals surface area contributed by atoms with Gasteiger partial charge in [0, 0.05) is 5.39 Å². The first kappa shape index (κ1) is 17.5. The van der Waals surface area contributed by atoms with Crippen molar-refractivity contribution in [3.05, 3.63) is 102 Å². The first-order chi connectivity index (χ1) is 13.8. The summed E-state index contributed by atoms with van der Waals surface area (Å²) in [6.45, 7) is 0.516. The summed E-state index contributed by atoms with van der Waals surface area (Å²) < 4.78 is 11.3. The maximum atomic E-state index is 12.1. The third kappa shape index (κ3) is 4.27. The van der Waals surface area contributed by atoms with E-state index in [-0.39, 0.29) is 5.76 Å². The number of para-hydroxylation sites is 1. The highest BCUT2D eigenvalue weighted by Gasteiger charge is 2.10. The van der Waals surface area contributed by atoms with Gasteiger partial charge in [-0.05, 0) is 47.5 Å². The Kier molecular flexibility index (Phi) is 5.15. The molecule has 5 heteroatoms. The van der Waals surface area contributed by atoms with Gasteiger partial charge >= 0.3 is 5.91 Å². The maximum absolute atomic E-state index is 12.1. The summed E-state index contributed by atoms with van der Waals surface area (Å²) in [5.74, 6) is 0.602. The molecule has 0 aliphatic carbocycles. The van der Waals surface area contributed by atoms with E-state index >= 15 is 0 Å². The van der Waals surface area contributed by atoms with Crippen LogP contribution in [0.3, 0.4) is 0 Å². The average Bonchev–Trinajstić information content (AvgIpc) is 3.18. The molecule has 0 spiro atoms. The number of carbonyl (C=O) groups is 1. The summed E-state index contributed by atoms with van der Waals surface area (Å²) >= 11 is 0. The molecule has 0 aliphatic heterocycles. The van der Waals surface area contributed by atoms with Crippen LogP contribution in [0.15, 0.2) is 94.4 Å². The zero-order chi connectivity index (χ0) is 19.2. The molecule has 138 valence electrons.